The highest BCUT2D eigenvalue weighted by atomic mass is 32.1. The molecule has 5 nitrogen and oxygen atoms in total. The van der Waals surface area contributed by atoms with Gasteiger partial charge in [0.1, 0.15) is 0 Å². The van der Waals surface area contributed by atoms with Gasteiger partial charge in [0, 0.05) is 19.3 Å². The predicted octanol–water partition coefficient (Wildman–Crippen LogP) is 3.22. The molecule has 3 heterocycles. The third kappa shape index (κ3) is 3.64. The van der Waals surface area contributed by atoms with Gasteiger partial charge in [-0.15, -0.1) is 0 Å². The van der Waals surface area contributed by atoms with E-state index in [9.17, 15) is 4.79 Å². The smallest absolute Gasteiger partial charge is 0.225 e. The van der Waals surface area contributed by atoms with E-state index in [-0.39, 0.29) is 11.8 Å². The van der Waals surface area contributed by atoms with Crippen molar-refractivity contribution in [2.24, 2.45) is 5.92 Å². The highest BCUT2D eigenvalue weighted by molar-refractivity contribution is 7.22. The van der Waals surface area contributed by atoms with E-state index in [4.69, 9.17) is 4.98 Å². The maximum absolute atomic E-state index is 12.5. The number of amides is 1. The maximum atomic E-state index is 12.5. The largest absolute Gasteiger partial charge is 0.350 e. The van der Waals surface area contributed by atoms with Gasteiger partial charge in [0.05, 0.1) is 28.4 Å². The minimum atomic E-state index is 0.00414. The van der Waals surface area contributed by atoms with E-state index in [1.165, 1.54) is 4.70 Å². The molecule has 0 aliphatic carbocycles. The van der Waals surface area contributed by atoms with Gasteiger partial charge in [0.15, 0.2) is 5.13 Å². The summed E-state index contributed by atoms with van der Waals surface area (Å²) in [5.41, 5.74) is 1.92. The van der Waals surface area contributed by atoms with Crippen molar-refractivity contribution in [3.63, 3.8) is 0 Å². The van der Waals surface area contributed by atoms with E-state index in [2.05, 4.69) is 21.3 Å². The molecule has 6 heteroatoms. The number of fused-ring (bicyclic) bond motifs is 1. The lowest BCUT2D eigenvalue weighted by molar-refractivity contribution is -0.125. The first kappa shape index (κ1) is 16.0. The molecule has 25 heavy (non-hydrogen) atoms. The number of nitrogens with one attached hydrogen (secondary N) is 1. The fourth-order valence-corrected chi connectivity index (χ4v) is 4.19. The zero-order valence-corrected chi connectivity index (χ0v) is 14.7. The van der Waals surface area contributed by atoms with Gasteiger partial charge in [0.25, 0.3) is 0 Å². The number of thiazole rings is 1. The Bertz CT molecular complexity index is 831. The van der Waals surface area contributed by atoms with Gasteiger partial charge in [-0.25, -0.2) is 4.98 Å². The van der Waals surface area contributed by atoms with Crippen molar-refractivity contribution in [1.29, 1.82) is 0 Å². The molecule has 1 atom stereocenters. The first-order chi connectivity index (χ1) is 12.3. The highest BCUT2D eigenvalue weighted by Crippen LogP contribution is 2.31. The summed E-state index contributed by atoms with van der Waals surface area (Å²) in [6.07, 6.45) is 3.68. The number of anilines is 1. The summed E-state index contributed by atoms with van der Waals surface area (Å²) in [6, 6.07) is 13.9. The summed E-state index contributed by atoms with van der Waals surface area (Å²) in [5, 5.41) is 4.04. The zero-order chi connectivity index (χ0) is 17.1. The number of pyridine rings is 1. The normalized spacial score (nSPS) is 17.6. The Balaban J connectivity index is 1.41. The van der Waals surface area contributed by atoms with Crippen LogP contribution in [0, 0.1) is 5.92 Å². The number of benzene rings is 1. The Morgan fingerprint density at radius 1 is 1.24 bits per heavy atom. The van der Waals surface area contributed by atoms with Gasteiger partial charge in [-0.05, 0) is 37.1 Å². The lowest BCUT2D eigenvalue weighted by Crippen LogP contribution is -2.43. The molecule has 1 saturated heterocycles. The molecular formula is C19H20N4OS. The van der Waals surface area contributed by atoms with Crippen molar-refractivity contribution in [2.75, 3.05) is 18.0 Å². The Kier molecular flexibility index (Phi) is 4.61. The van der Waals surface area contributed by atoms with Crippen LogP contribution in [0.3, 0.4) is 0 Å². The Labute approximate surface area is 150 Å². The summed E-state index contributed by atoms with van der Waals surface area (Å²) >= 11 is 1.70. The third-order valence-corrected chi connectivity index (χ3v) is 5.61. The fraction of sp³-hybridized carbons (Fsp3) is 0.316. The van der Waals surface area contributed by atoms with Crippen LogP contribution in [0.1, 0.15) is 18.5 Å². The van der Waals surface area contributed by atoms with Crippen LogP contribution in [0.25, 0.3) is 10.2 Å². The number of nitrogens with zero attached hydrogens (tertiary/aromatic N) is 3. The molecule has 4 rings (SSSR count). The maximum Gasteiger partial charge on any atom is 0.225 e. The molecule has 1 aliphatic rings. The lowest BCUT2D eigenvalue weighted by Gasteiger charge is -2.31. The lowest BCUT2D eigenvalue weighted by atomic mass is 9.97. The SMILES string of the molecule is O=C(NCc1ccccn1)C1CCCN(c2nc3ccccc3s2)C1. The van der Waals surface area contributed by atoms with Crippen LogP contribution in [0.4, 0.5) is 5.13 Å². The Morgan fingerprint density at radius 2 is 2.12 bits per heavy atom. The number of aromatic nitrogens is 2. The number of carbonyl (C=O) groups excluding carboxylic acids is 1. The Hall–Kier alpha value is -2.47. The molecule has 0 bridgehead atoms. The van der Waals surface area contributed by atoms with Crippen LogP contribution in [-0.4, -0.2) is 29.0 Å². The van der Waals surface area contributed by atoms with Crippen molar-refractivity contribution < 1.29 is 4.79 Å². The van der Waals surface area contributed by atoms with E-state index >= 15 is 0 Å². The quantitative estimate of drug-likeness (QED) is 0.783. The average Bonchev–Trinajstić information content (AvgIpc) is 3.11. The summed E-state index contributed by atoms with van der Waals surface area (Å²) in [6.45, 7) is 2.18. The van der Waals surface area contributed by atoms with Gasteiger partial charge >= 0.3 is 0 Å². The number of carbonyl (C=O) groups is 1. The van der Waals surface area contributed by atoms with Crippen LogP contribution in [0.15, 0.2) is 48.7 Å². The second-order valence-electron chi connectivity index (χ2n) is 6.29. The molecule has 128 valence electrons. The minimum Gasteiger partial charge on any atom is -0.350 e. The molecule has 2 aromatic heterocycles. The van der Waals surface area contributed by atoms with Gasteiger partial charge < -0.3 is 10.2 Å². The second kappa shape index (κ2) is 7.19. The van der Waals surface area contributed by atoms with Crippen molar-refractivity contribution in [3.8, 4) is 0 Å². The third-order valence-electron chi connectivity index (χ3n) is 4.52. The number of piperidine rings is 1. The van der Waals surface area contributed by atoms with Crippen LogP contribution < -0.4 is 10.2 Å². The van der Waals surface area contributed by atoms with Gasteiger partial charge in [-0.3, -0.25) is 9.78 Å². The first-order valence-electron chi connectivity index (χ1n) is 8.58. The molecule has 1 aliphatic heterocycles. The van der Waals surface area contributed by atoms with Crippen LogP contribution in [-0.2, 0) is 11.3 Å². The van der Waals surface area contributed by atoms with E-state index in [0.717, 1.165) is 42.3 Å². The molecule has 1 fully saturated rings. The topological polar surface area (TPSA) is 58.1 Å². The molecule has 1 unspecified atom stereocenters. The highest BCUT2D eigenvalue weighted by Gasteiger charge is 2.27. The first-order valence-corrected chi connectivity index (χ1v) is 9.39. The number of hydrogen-bond acceptors (Lipinski definition) is 5. The van der Waals surface area contributed by atoms with E-state index in [1.807, 2.05) is 36.4 Å². The Morgan fingerprint density at radius 3 is 2.96 bits per heavy atom. The average molecular weight is 352 g/mol. The van der Waals surface area contributed by atoms with Crippen molar-refractivity contribution >= 4 is 32.6 Å². The summed E-state index contributed by atoms with van der Waals surface area (Å²) < 4.78 is 1.19. The van der Waals surface area contributed by atoms with Gasteiger partial charge in [0.2, 0.25) is 5.91 Å². The molecule has 3 aromatic rings. The minimum absolute atomic E-state index is 0.00414. The van der Waals surface area contributed by atoms with Crippen molar-refractivity contribution in [1.82, 2.24) is 15.3 Å². The van der Waals surface area contributed by atoms with E-state index in [1.54, 1.807) is 17.5 Å². The molecular weight excluding hydrogens is 332 g/mol. The molecule has 0 saturated carbocycles. The monoisotopic (exact) mass is 352 g/mol. The molecule has 1 amide bonds. The van der Waals surface area contributed by atoms with E-state index in [0.29, 0.717) is 6.54 Å². The van der Waals surface area contributed by atoms with Gasteiger partial charge in [-0.1, -0.05) is 29.5 Å². The van der Waals surface area contributed by atoms with Gasteiger partial charge in [-0.2, -0.15) is 0 Å². The second-order valence-corrected chi connectivity index (χ2v) is 7.30. The predicted molar refractivity (Wildman–Crippen MR) is 101 cm³/mol. The summed E-state index contributed by atoms with van der Waals surface area (Å²) in [5.74, 6) is 0.112. The van der Waals surface area contributed by atoms with Crippen LogP contribution >= 0.6 is 11.3 Å². The summed E-state index contributed by atoms with van der Waals surface area (Å²) in [4.78, 5) is 23.8. The summed E-state index contributed by atoms with van der Waals surface area (Å²) in [7, 11) is 0. The van der Waals surface area contributed by atoms with Crippen LogP contribution in [0.2, 0.25) is 0 Å². The van der Waals surface area contributed by atoms with E-state index < -0.39 is 0 Å². The van der Waals surface area contributed by atoms with Crippen molar-refractivity contribution in [3.05, 3.63) is 54.4 Å². The number of rotatable bonds is 4. The fourth-order valence-electron chi connectivity index (χ4n) is 3.18. The molecule has 0 radical (unpaired) electrons. The zero-order valence-electron chi connectivity index (χ0n) is 13.9. The number of para-hydroxylation sites is 1. The van der Waals surface area contributed by atoms with Crippen molar-refractivity contribution in [2.45, 2.75) is 19.4 Å². The van der Waals surface area contributed by atoms with Crippen LogP contribution in [0.5, 0.6) is 0 Å². The molecule has 1 N–H and O–H groups in total. The molecule has 0 spiro atoms. The molecule has 1 aromatic carbocycles. The standard InChI is InChI=1S/C19H20N4OS/c24-18(21-12-15-7-3-4-10-20-15)14-6-5-11-23(13-14)19-22-16-8-1-2-9-17(16)25-19/h1-4,7-10,14H,5-6,11-13H2,(H,21,24). The number of hydrogen-bond donors (Lipinski definition) is 1.